The highest BCUT2D eigenvalue weighted by Gasteiger charge is 2.14. The van der Waals surface area contributed by atoms with Gasteiger partial charge in [0.05, 0.1) is 6.20 Å². The first-order valence-corrected chi connectivity index (χ1v) is 9.23. The van der Waals surface area contributed by atoms with Crippen LogP contribution in [-0.4, -0.2) is 21.1 Å². The SMILES string of the molecule is Cc1[nH]ncc1CNC(=O)CCc1c(-c2ccc(F)cc2)[nH]c2ccccc12. The molecule has 4 rings (SSSR count). The lowest BCUT2D eigenvalue weighted by atomic mass is 10.0. The molecule has 5 nitrogen and oxygen atoms in total. The summed E-state index contributed by atoms with van der Waals surface area (Å²) >= 11 is 0. The topological polar surface area (TPSA) is 73.6 Å². The first kappa shape index (κ1) is 18.0. The number of aromatic nitrogens is 3. The van der Waals surface area contributed by atoms with Gasteiger partial charge in [0, 0.05) is 40.8 Å². The van der Waals surface area contributed by atoms with E-state index < -0.39 is 0 Å². The maximum atomic E-state index is 13.3. The Balaban J connectivity index is 1.54. The van der Waals surface area contributed by atoms with Gasteiger partial charge < -0.3 is 10.3 Å². The number of amides is 1. The average Bonchev–Trinajstić information content (AvgIpc) is 3.28. The van der Waals surface area contributed by atoms with Gasteiger partial charge in [-0.2, -0.15) is 5.10 Å². The molecule has 0 bridgehead atoms. The van der Waals surface area contributed by atoms with Crippen molar-refractivity contribution in [2.24, 2.45) is 0 Å². The number of fused-ring (bicyclic) bond motifs is 1. The molecule has 142 valence electrons. The molecule has 0 aliphatic carbocycles. The lowest BCUT2D eigenvalue weighted by Gasteiger charge is -2.07. The van der Waals surface area contributed by atoms with Gasteiger partial charge in [-0.05, 0) is 54.8 Å². The number of carbonyl (C=O) groups is 1. The van der Waals surface area contributed by atoms with E-state index in [9.17, 15) is 9.18 Å². The van der Waals surface area contributed by atoms with Crippen molar-refractivity contribution in [2.75, 3.05) is 0 Å². The summed E-state index contributed by atoms with van der Waals surface area (Å²) in [5.41, 5.74) is 5.84. The van der Waals surface area contributed by atoms with Crippen LogP contribution in [0.2, 0.25) is 0 Å². The number of aromatic amines is 2. The first-order valence-electron chi connectivity index (χ1n) is 9.23. The van der Waals surface area contributed by atoms with Crippen LogP contribution in [-0.2, 0) is 17.8 Å². The van der Waals surface area contributed by atoms with Crippen LogP contribution in [0.15, 0.2) is 54.7 Å². The van der Waals surface area contributed by atoms with Crippen molar-refractivity contribution in [1.29, 1.82) is 0 Å². The first-order chi connectivity index (χ1) is 13.6. The molecule has 0 aliphatic heterocycles. The average molecular weight is 376 g/mol. The number of H-pyrrole nitrogens is 2. The Morgan fingerprint density at radius 3 is 2.68 bits per heavy atom. The van der Waals surface area contributed by atoms with E-state index in [2.05, 4.69) is 20.5 Å². The van der Waals surface area contributed by atoms with Gasteiger partial charge in [-0.1, -0.05) is 18.2 Å². The van der Waals surface area contributed by atoms with Crippen LogP contribution in [0.1, 0.15) is 23.2 Å². The predicted octanol–water partition coefficient (Wildman–Crippen LogP) is 4.25. The minimum atomic E-state index is -0.268. The Morgan fingerprint density at radius 1 is 1.14 bits per heavy atom. The number of hydrogen-bond donors (Lipinski definition) is 3. The number of aryl methyl sites for hydroxylation is 2. The summed E-state index contributed by atoms with van der Waals surface area (Å²) < 4.78 is 13.3. The van der Waals surface area contributed by atoms with Crippen LogP contribution in [0, 0.1) is 12.7 Å². The number of para-hydroxylation sites is 1. The zero-order chi connectivity index (χ0) is 19.5. The molecular formula is C22H21FN4O. The standard InChI is InChI=1S/C22H21FN4O/c1-14-16(13-25-27-14)12-24-21(28)11-10-19-18-4-2-3-5-20(18)26-22(19)15-6-8-17(23)9-7-15/h2-9,13,26H,10-12H2,1H3,(H,24,28)(H,25,27). The van der Waals surface area contributed by atoms with Crippen LogP contribution in [0.3, 0.4) is 0 Å². The molecule has 0 spiro atoms. The minimum absolute atomic E-state index is 0.0177. The highest BCUT2D eigenvalue weighted by Crippen LogP contribution is 2.31. The van der Waals surface area contributed by atoms with Crippen molar-refractivity contribution >= 4 is 16.8 Å². The van der Waals surface area contributed by atoms with Gasteiger partial charge in [0.15, 0.2) is 0 Å². The van der Waals surface area contributed by atoms with Gasteiger partial charge >= 0.3 is 0 Å². The molecule has 3 N–H and O–H groups in total. The normalized spacial score (nSPS) is 11.1. The third-order valence-electron chi connectivity index (χ3n) is 4.96. The number of benzene rings is 2. The number of nitrogens with one attached hydrogen (secondary N) is 3. The van der Waals surface area contributed by atoms with E-state index in [1.807, 2.05) is 31.2 Å². The number of nitrogens with zero attached hydrogens (tertiary/aromatic N) is 1. The van der Waals surface area contributed by atoms with Crippen LogP contribution in [0.5, 0.6) is 0 Å². The van der Waals surface area contributed by atoms with E-state index in [1.165, 1.54) is 12.1 Å². The van der Waals surface area contributed by atoms with E-state index in [1.54, 1.807) is 18.3 Å². The third kappa shape index (κ3) is 3.67. The van der Waals surface area contributed by atoms with Crippen LogP contribution >= 0.6 is 0 Å². The molecule has 0 atom stereocenters. The molecule has 0 fully saturated rings. The van der Waals surface area contributed by atoms with Crippen molar-refractivity contribution < 1.29 is 9.18 Å². The van der Waals surface area contributed by atoms with Gasteiger partial charge in [-0.15, -0.1) is 0 Å². The Morgan fingerprint density at radius 2 is 1.93 bits per heavy atom. The van der Waals surface area contributed by atoms with Crippen molar-refractivity contribution in [1.82, 2.24) is 20.5 Å². The second-order valence-corrected chi connectivity index (χ2v) is 6.83. The minimum Gasteiger partial charge on any atom is -0.354 e. The molecule has 0 saturated heterocycles. The highest BCUT2D eigenvalue weighted by atomic mass is 19.1. The molecule has 0 aliphatic rings. The van der Waals surface area contributed by atoms with Gasteiger partial charge in [-0.3, -0.25) is 9.89 Å². The van der Waals surface area contributed by atoms with E-state index >= 15 is 0 Å². The Kier molecular flexibility index (Phi) is 4.93. The Hall–Kier alpha value is -3.41. The molecule has 2 heterocycles. The largest absolute Gasteiger partial charge is 0.354 e. The van der Waals surface area contributed by atoms with E-state index in [-0.39, 0.29) is 11.7 Å². The lowest BCUT2D eigenvalue weighted by molar-refractivity contribution is -0.121. The van der Waals surface area contributed by atoms with E-state index in [4.69, 9.17) is 0 Å². The van der Waals surface area contributed by atoms with Crippen molar-refractivity contribution in [3.05, 3.63) is 77.4 Å². The summed E-state index contributed by atoms with van der Waals surface area (Å²) in [7, 11) is 0. The highest BCUT2D eigenvalue weighted by molar-refractivity contribution is 5.91. The lowest BCUT2D eigenvalue weighted by Crippen LogP contribution is -2.23. The van der Waals surface area contributed by atoms with Gasteiger partial charge in [0.25, 0.3) is 0 Å². The number of rotatable bonds is 6. The second-order valence-electron chi connectivity index (χ2n) is 6.83. The molecule has 2 aromatic heterocycles. The molecule has 1 amide bonds. The molecule has 0 radical (unpaired) electrons. The smallest absolute Gasteiger partial charge is 0.220 e. The number of hydrogen-bond acceptors (Lipinski definition) is 2. The summed E-state index contributed by atoms with van der Waals surface area (Å²) in [6.07, 6.45) is 2.68. The Labute approximate surface area is 162 Å². The summed E-state index contributed by atoms with van der Waals surface area (Å²) in [4.78, 5) is 15.8. The molecule has 4 aromatic rings. The third-order valence-corrected chi connectivity index (χ3v) is 4.96. The van der Waals surface area contributed by atoms with Gasteiger partial charge in [-0.25, -0.2) is 4.39 Å². The van der Waals surface area contributed by atoms with Crippen LogP contribution < -0.4 is 5.32 Å². The monoisotopic (exact) mass is 376 g/mol. The second kappa shape index (κ2) is 7.68. The number of halogens is 1. The molecule has 28 heavy (non-hydrogen) atoms. The summed E-state index contributed by atoms with van der Waals surface area (Å²) in [6, 6.07) is 14.4. The summed E-state index contributed by atoms with van der Waals surface area (Å²) in [5, 5.41) is 10.9. The quantitative estimate of drug-likeness (QED) is 0.471. The zero-order valence-electron chi connectivity index (χ0n) is 15.6. The fourth-order valence-electron chi connectivity index (χ4n) is 3.40. The van der Waals surface area contributed by atoms with Crippen molar-refractivity contribution in [2.45, 2.75) is 26.3 Å². The maximum absolute atomic E-state index is 13.3. The fraction of sp³-hybridized carbons (Fsp3) is 0.182. The van der Waals surface area contributed by atoms with E-state index in [0.29, 0.717) is 19.4 Å². The van der Waals surface area contributed by atoms with Crippen molar-refractivity contribution in [3.8, 4) is 11.3 Å². The Bertz CT molecular complexity index is 1110. The molecule has 6 heteroatoms. The molecule has 0 saturated carbocycles. The molecule has 0 unspecified atom stereocenters. The summed E-state index contributed by atoms with van der Waals surface area (Å²) in [5.74, 6) is -0.286. The molecular weight excluding hydrogens is 355 g/mol. The zero-order valence-corrected chi connectivity index (χ0v) is 15.6. The van der Waals surface area contributed by atoms with Crippen LogP contribution in [0.4, 0.5) is 4.39 Å². The van der Waals surface area contributed by atoms with Gasteiger partial charge in [0.1, 0.15) is 5.82 Å². The maximum Gasteiger partial charge on any atom is 0.220 e. The van der Waals surface area contributed by atoms with E-state index in [0.717, 1.165) is 39.0 Å². The number of carbonyl (C=O) groups excluding carboxylic acids is 1. The molecule has 2 aromatic carbocycles. The van der Waals surface area contributed by atoms with Crippen molar-refractivity contribution in [3.63, 3.8) is 0 Å². The fourth-order valence-corrected chi connectivity index (χ4v) is 3.40. The van der Waals surface area contributed by atoms with Gasteiger partial charge in [0.2, 0.25) is 5.91 Å². The summed E-state index contributed by atoms with van der Waals surface area (Å²) in [6.45, 7) is 2.38. The predicted molar refractivity (Wildman–Crippen MR) is 107 cm³/mol. The van der Waals surface area contributed by atoms with Crippen LogP contribution in [0.25, 0.3) is 22.2 Å².